The standard InChI is InChI=1S/C18H25NO5/c1-3-23-16(21)18(2)10-12-19(11-9-15(18)20)17(22)24-13-14-7-5-4-6-8-14/h4-8,15,20H,3,9-13H2,1-2H3. The third-order valence-electron chi connectivity index (χ3n) is 4.51. The first-order valence-corrected chi connectivity index (χ1v) is 8.28. The highest BCUT2D eigenvalue weighted by molar-refractivity contribution is 5.77. The average molecular weight is 335 g/mol. The number of ether oxygens (including phenoxy) is 2. The fourth-order valence-corrected chi connectivity index (χ4v) is 2.77. The van der Waals surface area contributed by atoms with Gasteiger partial charge in [0.15, 0.2) is 0 Å². The summed E-state index contributed by atoms with van der Waals surface area (Å²) < 4.78 is 10.4. The molecule has 0 aromatic heterocycles. The van der Waals surface area contributed by atoms with Crippen molar-refractivity contribution in [2.75, 3.05) is 19.7 Å². The fourth-order valence-electron chi connectivity index (χ4n) is 2.77. The Morgan fingerprint density at radius 1 is 1.25 bits per heavy atom. The molecule has 1 heterocycles. The lowest BCUT2D eigenvalue weighted by Crippen LogP contribution is -2.41. The van der Waals surface area contributed by atoms with E-state index in [0.717, 1.165) is 5.56 Å². The Balaban J connectivity index is 1.94. The van der Waals surface area contributed by atoms with Crippen LogP contribution in [0.3, 0.4) is 0 Å². The summed E-state index contributed by atoms with van der Waals surface area (Å²) in [5.41, 5.74) is -0.0816. The number of aliphatic hydroxyl groups excluding tert-OH is 1. The van der Waals surface area contributed by atoms with Gasteiger partial charge >= 0.3 is 12.1 Å². The van der Waals surface area contributed by atoms with Crippen LogP contribution in [0.25, 0.3) is 0 Å². The maximum Gasteiger partial charge on any atom is 0.410 e. The molecule has 2 atom stereocenters. The number of likely N-dealkylation sites (tertiary alicyclic amines) is 1. The number of esters is 1. The van der Waals surface area contributed by atoms with Gasteiger partial charge in [-0.05, 0) is 32.3 Å². The molecule has 2 rings (SSSR count). The van der Waals surface area contributed by atoms with Gasteiger partial charge in [0, 0.05) is 13.1 Å². The van der Waals surface area contributed by atoms with Crippen LogP contribution in [0.15, 0.2) is 30.3 Å². The van der Waals surface area contributed by atoms with Gasteiger partial charge in [-0.25, -0.2) is 4.79 Å². The lowest BCUT2D eigenvalue weighted by Gasteiger charge is -2.29. The molecule has 1 aliphatic rings. The number of carbonyl (C=O) groups is 2. The van der Waals surface area contributed by atoms with E-state index in [1.54, 1.807) is 13.8 Å². The molecule has 2 unspecified atom stereocenters. The minimum absolute atomic E-state index is 0.202. The molecule has 1 aromatic carbocycles. The molecule has 6 heteroatoms. The van der Waals surface area contributed by atoms with Gasteiger partial charge in [0.05, 0.1) is 18.1 Å². The van der Waals surface area contributed by atoms with Crippen molar-refractivity contribution in [1.82, 2.24) is 4.90 Å². The second kappa shape index (κ2) is 8.15. The highest BCUT2D eigenvalue weighted by Crippen LogP contribution is 2.33. The first-order chi connectivity index (χ1) is 11.5. The van der Waals surface area contributed by atoms with E-state index in [4.69, 9.17) is 9.47 Å². The lowest BCUT2D eigenvalue weighted by molar-refractivity contribution is -0.161. The summed E-state index contributed by atoms with van der Waals surface area (Å²) in [5.74, 6) is -0.419. The largest absolute Gasteiger partial charge is 0.465 e. The zero-order chi connectivity index (χ0) is 17.6. The van der Waals surface area contributed by atoms with E-state index in [-0.39, 0.29) is 13.2 Å². The van der Waals surface area contributed by atoms with Gasteiger partial charge in [0.2, 0.25) is 0 Å². The van der Waals surface area contributed by atoms with Crippen molar-refractivity contribution in [2.45, 2.75) is 39.4 Å². The molecule has 132 valence electrons. The van der Waals surface area contributed by atoms with Crippen molar-refractivity contribution in [1.29, 1.82) is 0 Å². The van der Waals surface area contributed by atoms with Crippen LogP contribution in [0.2, 0.25) is 0 Å². The summed E-state index contributed by atoms with van der Waals surface area (Å²) in [7, 11) is 0. The summed E-state index contributed by atoms with van der Waals surface area (Å²) in [5, 5.41) is 10.3. The van der Waals surface area contributed by atoms with E-state index in [2.05, 4.69) is 0 Å². The molecule has 0 bridgehead atoms. The highest BCUT2D eigenvalue weighted by atomic mass is 16.6. The molecular formula is C18H25NO5. The van der Waals surface area contributed by atoms with Crippen LogP contribution in [0.1, 0.15) is 32.3 Å². The average Bonchev–Trinajstić information content (AvgIpc) is 2.74. The molecule has 1 fully saturated rings. The van der Waals surface area contributed by atoms with Crippen LogP contribution in [-0.4, -0.2) is 47.9 Å². The van der Waals surface area contributed by atoms with Crippen LogP contribution in [0, 0.1) is 5.41 Å². The number of aliphatic hydroxyl groups is 1. The fraction of sp³-hybridized carbons (Fsp3) is 0.556. The molecule has 0 radical (unpaired) electrons. The summed E-state index contributed by atoms with van der Waals surface area (Å²) in [4.78, 5) is 25.9. The van der Waals surface area contributed by atoms with Gasteiger partial charge in [-0.2, -0.15) is 0 Å². The van der Waals surface area contributed by atoms with Gasteiger partial charge in [0.25, 0.3) is 0 Å². The summed E-state index contributed by atoms with van der Waals surface area (Å²) >= 11 is 0. The minimum Gasteiger partial charge on any atom is -0.465 e. The van der Waals surface area contributed by atoms with Gasteiger partial charge in [-0.3, -0.25) is 4.79 Å². The monoisotopic (exact) mass is 335 g/mol. The Labute approximate surface area is 142 Å². The second-order valence-electron chi connectivity index (χ2n) is 6.22. The predicted molar refractivity (Wildman–Crippen MR) is 88.2 cm³/mol. The quantitative estimate of drug-likeness (QED) is 0.855. The van der Waals surface area contributed by atoms with Crippen molar-refractivity contribution in [3.8, 4) is 0 Å². The molecule has 0 saturated carbocycles. The summed E-state index contributed by atoms with van der Waals surface area (Å²) in [6.45, 7) is 4.59. The number of amides is 1. The SMILES string of the molecule is CCOC(=O)C1(C)CCN(C(=O)OCc2ccccc2)CCC1O. The van der Waals surface area contributed by atoms with E-state index in [1.165, 1.54) is 4.90 Å². The maximum atomic E-state index is 12.2. The smallest absolute Gasteiger partial charge is 0.410 e. The van der Waals surface area contributed by atoms with Crippen LogP contribution < -0.4 is 0 Å². The number of carbonyl (C=O) groups excluding carboxylic acids is 2. The van der Waals surface area contributed by atoms with Gasteiger partial charge < -0.3 is 19.5 Å². The third-order valence-corrected chi connectivity index (χ3v) is 4.51. The molecule has 1 amide bonds. The Hall–Kier alpha value is -2.08. The number of benzene rings is 1. The van der Waals surface area contributed by atoms with Crippen molar-refractivity contribution >= 4 is 12.1 Å². The first kappa shape index (κ1) is 18.3. The zero-order valence-corrected chi connectivity index (χ0v) is 14.2. The van der Waals surface area contributed by atoms with Crippen LogP contribution in [0.4, 0.5) is 4.79 Å². The molecule has 0 aliphatic carbocycles. The molecule has 6 nitrogen and oxygen atoms in total. The van der Waals surface area contributed by atoms with Crippen molar-refractivity contribution in [2.24, 2.45) is 5.41 Å². The van der Waals surface area contributed by atoms with E-state index < -0.39 is 23.6 Å². The van der Waals surface area contributed by atoms with Gasteiger partial charge in [0.1, 0.15) is 6.61 Å². The molecule has 1 N–H and O–H groups in total. The van der Waals surface area contributed by atoms with Crippen molar-refractivity contribution in [3.05, 3.63) is 35.9 Å². The van der Waals surface area contributed by atoms with Crippen LogP contribution in [-0.2, 0) is 20.9 Å². The van der Waals surface area contributed by atoms with E-state index in [1.807, 2.05) is 30.3 Å². The normalized spacial score (nSPS) is 24.1. The van der Waals surface area contributed by atoms with Crippen LogP contribution >= 0.6 is 0 Å². The maximum absolute atomic E-state index is 12.2. The molecular weight excluding hydrogens is 310 g/mol. The Morgan fingerprint density at radius 2 is 1.96 bits per heavy atom. The topological polar surface area (TPSA) is 76.1 Å². The van der Waals surface area contributed by atoms with E-state index in [9.17, 15) is 14.7 Å². The number of hydrogen-bond donors (Lipinski definition) is 1. The lowest BCUT2D eigenvalue weighted by atomic mass is 9.80. The molecule has 24 heavy (non-hydrogen) atoms. The minimum atomic E-state index is -0.996. The molecule has 1 aromatic rings. The van der Waals surface area contributed by atoms with E-state index in [0.29, 0.717) is 25.9 Å². The van der Waals surface area contributed by atoms with Gasteiger partial charge in [-0.15, -0.1) is 0 Å². The van der Waals surface area contributed by atoms with Gasteiger partial charge in [-0.1, -0.05) is 30.3 Å². The number of hydrogen-bond acceptors (Lipinski definition) is 5. The Bertz CT molecular complexity index is 562. The van der Waals surface area contributed by atoms with Crippen LogP contribution in [0.5, 0.6) is 0 Å². The Morgan fingerprint density at radius 3 is 2.62 bits per heavy atom. The Kier molecular flexibility index (Phi) is 6.20. The predicted octanol–water partition coefficient (Wildman–Crippen LogP) is 2.35. The highest BCUT2D eigenvalue weighted by Gasteiger charge is 2.44. The van der Waals surface area contributed by atoms with E-state index >= 15 is 0 Å². The van der Waals surface area contributed by atoms with Crippen molar-refractivity contribution in [3.63, 3.8) is 0 Å². The first-order valence-electron chi connectivity index (χ1n) is 8.28. The molecule has 1 saturated heterocycles. The molecule has 0 spiro atoms. The molecule has 1 aliphatic heterocycles. The number of rotatable bonds is 4. The summed E-state index contributed by atoms with van der Waals surface area (Å²) in [6, 6.07) is 9.44. The second-order valence-corrected chi connectivity index (χ2v) is 6.22. The third kappa shape index (κ3) is 4.26. The summed E-state index contributed by atoms with van der Waals surface area (Å²) in [6.07, 6.45) is -0.619. The number of nitrogens with zero attached hydrogens (tertiary/aromatic N) is 1. The zero-order valence-electron chi connectivity index (χ0n) is 14.2. The van der Waals surface area contributed by atoms with Crippen molar-refractivity contribution < 1.29 is 24.2 Å².